The molecule has 1 aliphatic heterocycles. The molecule has 1 saturated carbocycles. The van der Waals surface area contributed by atoms with E-state index >= 15 is 0 Å². The molecule has 94 valence electrons. The number of aromatic amines is 1. The van der Waals surface area contributed by atoms with Crippen molar-refractivity contribution in [1.29, 1.82) is 0 Å². The van der Waals surface area contributed by atoms with Crippen molar-refractivity contribution in [2.75, 3.05) is 25.1 Å². The molecule has 2 fully saturated rings. The number of nitrogens with one attached hydrogen (secondary N) is 2. The van der Waals surface area contributed by atoms with E-state index in [4.69, 9.17) is 4.74 Å². The van der Waals surface area contributed by atoms with Gasteiger partial charge in [0.15, 0.2) is 0 Å². The van der Waals surface area contributed by atoms with Crippen LogP contribution < -0.4 is 5.32 Å². The van der Waals surface area contributed by atoms with Crippen LogP contribution in [0.4, 0.5) is 5.82 Å². The molecule has 1 aliphatic carbocycles. The summed E-state index contributed by atoms with van der Waals surface area (Å²) in [6, 6.07) is 2.03. The van der Waals surface area contributed by atoms with Crippen LogP contribution in [0.25, 0.3) is 11.0 Å². The average Bonchev–Trinajstić information content (AvgIpc) is 3.05. The Morgan fingerprint density at radius 3 is 2.94 bits per heavy atom. The smallest absolute Gasteiger partial charge is 0.143 e. The monoisotopic (exact) mass is 244 g/mol. The maximum atomic E-state index is 5.19. The van der Waals surface area contributed by atoms with Gasteiger partial charge in [-0.05, 0) is 18.9 Å². The summed E-state index contributed by atoms with van der Waals surface area (Å²) < 4.78 is 5.19. The van der Waals surface area contributed by atoms with Crippen molar-refractivity contribution < 1.29 is 4.74 Å². The molecule has 0 unspecified atom stereocenters. The number of anilines is 1. The first-order chi connectivity index (χ1) is 8.90. The Morgan fingerprint density at radius 2 is 2.22 bits per heavy atom. The predicted molar refractivity (Wildman–Crippen MR) is 68.7 cm³/mol. The summed E-state index contributed by atoms with van der Waals surface area (Å²) in [5.74, 6) is 3.15. The molecule has 0 amide bonds. The van der Waals surface area contributed by atoms with Gasteiger partial charge in [0, 0.05) is 24.6 Å². The van der Waals surface area contributed by atoms with Crippen LogP contribution in [0.2, 0.25) is 0 Å². The van der Waals surface area contributed by atoms with E-state index in [-0.39, 0.29) is 0 Å². The number of ether oxygens (including phenoxy) is 1. The van der Waals surface area contributed by atoms with E-state index in [9.17, 15) is 0 Å². The van der Waals surface area contributed by atoms with Crippen LogP contribution in [-0.4, -0.2) is 34.7 Å². The van der Waals surface area contributed by atoms with Gasteiger partial charge < -0.3 is 15.0 Å². The summed E-state index contributed by atoms with van der Waals surface area (Å²) in [7, 11) is 0. The van der Waals surface area contributed by atoms with Crippen molar-refractivity contribution >= 4 is 16.9 Å². The summed E-state index contributed by atoms with van der Waals surface area (Å²) in [5.41, 5.74) is 0.944. The Hall–Kier alpha value is -1.62. The Morgan fingerprint density at radius 1 is 1.33 bits per heavy atom. The molecule has 0 bridgehead atoms. The number of hydrogen-bond donors (Lipinski definition) is 2. The van der Waals surface area contributed by atoms with Crippen molar-refractivity contribution in [3.8, 4) is 0 Å². The van der Waals surface area contributed by atoms with Crippen molar-refractivity contribution in [2.45, 2.75) is 18.8 Å². The van der Waals surface area contributed by atoms with Gasteiger partial charge in [-0.1, -0.05) is 0 Å². The molecule has 2 aliphatic rings. The third-order valence-corrected chi connectivity index (χ3v) is 3.64. The van der Waals surface area contributed by atoms with Crippen LogP contribution in [-0.2, 0) is 4.74 Å². The Kier molecular flexibility index (Phi) is 2.26. The lowest BCUT2D eigenvalue weighted by Crippen LogP contribution is -2.33. The molecule has 1 saturated heterocycles. The zero-order valence-corrected chi connectivity index (χ0v) is 10.1. The third kappa shape index (κ3) is 1.75. The van der Waals surface area contributed by atoms with Gasteiger partial charge in [0.1, 0.15) is 17.3 Å². The van der Waals surface area contributed by atoms with Gasteiger partial charge in [0.25, 0.3) is 0 Å². The van der Waals surface area contributed by atoms with E-state index < -0.39 is 0 Å². The number of fused-ring (bicyclic) bond motifs is 1. The van der Waals surface area contributed by atoms with Gasteiger partial charge in [-0.25, -0.2) is 9.97 Å². The lowest BCUT2D eigenvalue weighted by Gasteiger charge is -2.26. The average molecular weight is 244 g/mol. The molecule has 0 atom stereocenters. The predicted octanol–water partition coefficient (Wildman–Crippen LogP) is 1.89. The molecular formula is C13H16N4O. The molecule has 0 radical (unpaired) electrons. The number of nitrogens with zero attached hydrogens (tertiary/aromatic N) is 2. The van der Waals surface area contributed by atoms with Crippen LogP contribution in [0.3, 0.4) is 0 Å². The molecule has 2 N–H and O–H groups in total. The van der Waals surface area contributed by atoms with E-state index in [0.717, 1.165) is 42.4 Å². The van der Waals surface area contributed by atoms with Gasteiger partial charge in [-0.15, -0.1) is 0 Å². The largest absolute Gasteiger partial charge is 0.381 e. The molecule has 3 heterocycles. The first kappa shape index (κ1) is 10.3. The van der Waals surface area contributed by atoms with Crippen LogP contribution in [0, 0.1) is 5.92 Å². The Labute approximate surface area is 105 Å². The molecule has 4 rings (SSSR count). The van der Waals surface area contributed by atoms with Gasteiger partial charge in [0.2, 0.25) is 0 Å². The lowest BCUT2D eigenvalue weighted by molar-refractivity contribution is -0.0248. The highest BCUT2D eigenvalue weighted by atomic mass is 16.5. The first-order valence-corrected chi connectivity index (χ1v) is 6.57. The van der Waals surface area contributed by atoms with Crippen molar-refractivity contribution in [3.63, 3.8) is 0 Å². The molecular weight excluding hydrogens is 228 g/mol. The molecule has 5 nitrogen and oxygen atoms in total. The zero-order chi connectivity index (χ0) is 11.9. The molecule has 18 heavy (non-hydrogen) atoms. The highest BCUT2D eigenvalue weighted by Crippen LogP contribution is 2.39. The lowest BCUT2D eigenvalue weighted by atomic mass is 10.1. The number of hydrogen-bond acceptors (Lipinski definition) is 4. The minimum Gasteiger partial charge on any atom is -0.381 e. The maximum Gasteiger partial charge on any atom is 0.143 e. The van der Waals surface area contributed by atoms with Gasteiger partial charge in [-0.2, -0.15) is 0 Å². The molecule has 2 aromatic rings. The summed E-state index contributed by atoms with van der Waals surface area (Å²) in [5, 5.41) is 4.53. The van der Waals surface area contributed by atoms with Crippen LogP contribution in [0.1, 0.15) is 24.6 Å². The minimum atomic E-state index is 0.574. The minimum absolute atomic E-state index is 0.574. The van der Waals surface area contributed by atoms with Crippen LogP contribution >= 0.6 is 0 Å². The van der Waals surface area contributed by atoms with Gasteiger partial charge in [-0.3, -0.25) is 0 Å². The van der Waals surface area contributed by atoms with Crippen molar-refractivity contribution in [1.82, 2.24) is 15.0 Å². The summed E-state index contributed by atoms with van der Waals surface area (Å²) in [6.07, 6.45) is 4.37. The second kappa shape index (κ2) is 3.95. The summed E-state index contributed by atoms with van der Waals surface area (Å²) >= 11 is 0. The van der Waals surface area contributed by atoms with Crippen molar-refractivity contribution in [2.24, 2.45) is 5.92 Å². The standard InChI is InChI=1S/C13H16N4O/c1-2-9(1)11-16-12-10(3-4-14-12)13(17-11)15-5-8-6-18-7-8/h3-4,8-9H,1-2,5-7H2,(H2,14,15,16,17). The van der Waals surface area contributed by atoms with Gasteiger partial charge in [0.05, 0.1) is 18.6 Å². The third-order valence-electron chi connectivity index (χ3n) is 3.64. The fraction of sp³-hybridized carbons (Fsp3) is 0.538. The maximum absolute atomic E-state index is 5.19. The number of rotatable bonds is 4. The highest BCUT2D eigenvalue weighted by Gasteiger charge is 2.28. The number of H-pyrrole nitrogens is 1. The van der Waals surface area contributed by atoms with E-state index in [2.05, 4.69) is 20.3 Å². The quantitative estimate of drug-likeness (QED) is 0.862. The summed E-state index contributed by atoms with van der Waals surface area (Å²) in [4.78, 5) is 12.5. The van der Waals surface area contributed by atoms with Crippen LogP contribution in [0.5, 0.6) is 0 Å². The van der Waals surface area contributed by atoms with E-state index in [1.807, 2.05) is 12.3 Å². The SMILES string of the molecule is c1cc2c(NCC3COC3)nc(C3CC3)nc2[nH]1. The normalized spacial score (nSPS) is 20.0. The molecule has 2 aromatic heterocycles. The topological polar surface area (TPSA) is 62.8 Å². The van der Waals surface area contributed by atoms with Crippen molar-refractivity contribution in [3.05, 3.63) is 18.1 Å². The Bertz CT molecular complexity index is 571. The molecule has 0 spiro atoms. The number of aromatic nitrogens is 3. The first-order valence-electron chi connectivity index (χ1n) is 6.57. The Balaban J connectivity index is 1.64. The second-order valence-electron chi connectivity index (χ2n) is 5.23. The summed E-state index contributed by atoms with van der Waals surface area (Å²) in [6.45, 7) is 2.66. The van der Waals surface area contributed by atoms with Crippen LogP contribution in [0.15, 0.2) is 12.3 Å². The fourth-order valence-electron chi connectivity index (χ4n) is 2.26. The zero-order valence-electron chi connectivity index (χ0n) is 10.1. The molecule has 5 heteroatoms. The highest BCUT2D eigenvalue weighted by molar-refractivity contribution is 5.87. The second-order valence-corrected chi connectivity index (χ2v) is 5.23. The fourth-order valence-corrected chi connectivity index (χ4v) is 2.26. The van der Waals surface area contributed by atoms with Gasteiger partial charge >= 0.3 is 0 Å². The van der Waals surface area contributed by atoms with E-state index in [1.165, 1.54) is 12.8 Å². The molecule has 0 aromatic carbocycles. The van der Waals surface area contributed by atoms with E-state index in [1.54, 1.807) is 0 Å². The van der Waals surface area contributed by atoms with E-state index in [0.29, 0.717) is 11.8 Å².